The van der Waals surface area contributed by atoms with Crippen molar-refractivity contribution < 1.29 is 0 Å². The van der Waals surface area contributed by atoms with Crippen molar-refractivity contribution in [2.75, 3.05) is 19.6 Å². The minimum Gasteiger partial charge on any atom is -0.314 e. The Labute approximate surface area is 66.4 Å². The molecule has 4 N–H and O–H groups in total. The molecule has 0 amide bonds. The van der Waals surface area contributed by atoms with Crippen molar-refractivity contribution in [1.29, 1.82) is 5.53 Å². The molecule has 5 heteroatoms. The third kappa shape index (κ3) is 2.44. The van der Waals surface area contributed by atoms with Crippen LogP contribution in [0.1, 0.15) is 6.92 Å². The molecule has 1 rings (SSSR count). The van der Waals surface area contributed by atoms with Crippen LogP contribution in [0.3, 0.4) is 0 Å². The van der Waals surface area contributed by atoms with Crippen LogP contribution in [0.4, 0.5) is 0 Å². The molecular formula is C6H15N5. The Balaban J connectivity index is 2.26. The lowest BCUT2D eigenvalue weighted by atomic mass is 10.1. The Kier molecular flexibility index (Phi) is 3.25. The Morgan fingerprint density at radius 1 is 1.64 bits per heavy atom. The van der Waals surface area contributed by atoms with E-state index < -0.39 is 0 Å². The van der Waals surface area contributed by atoms with Gasteiger partial charge in [-0.05, 0) is 6.92 Å². The predicted octanol–water partition coefficient (Wildman–Crippen LogP) is -0.528. The van der Waals surface area contributed by atoms with Gasteiger partial charge in [0.1, 0.15) is 0 Å². The van der Waals surface area contributed by atoms with Crippen molar-refractivity contribution in [3.63, 3.8) is 0 Å². The third-order valence-electron chi connectivity index (χ3n) is 1.94. The monoisotopic (exact) mass is 157 g/mol. The lowest BCUT2D eigenvalue weighted by molar-refractivity contribution is 0.336. The van der Waals surface area contributed by atoms with Crippen molar-refractivity contribution >= 4 is 0 Å². The topological polar surface area (TPSA) is 72.3 Å². The van der Waals surface area contributed by atoms with Gasteiger partial charge in [-0.15, -0.1) is 0 Å². The van der Waals surface area contributed by atoms with E-state index in [0.717, 1.165) is 19.6 Å². The van der Waals surface area contributed by atoms with Gasteiger partial charge in [-0.25, -0.2) is 0 Å². The van der Waals surface area contributed by atoms with Gasteiger partial charge in [0.2, 0.25) is 0 Å². The van der Waals surface area contributed by atoms with Crippen molar-refractivity contribution in [2.24, 2.45) is 5.22 Å². The summed E-state index contributed by atoms with van der Waals surface area (Å²) < 4.78 is 0. The second-order valence-corrected chi connectivity index (χ2v) is 2.79. The van der Waals surface area contributed by atoms with Crippen molar-refractivity contribution in [3.8, 4) is 0 Å². The molecule has 1 saturated heterocycles. The number of nitrogens with zero attached hydrogens (tertiary/aromatic N) is 1. The molecule has 5 nitrogen and oxygen atoms in total. The molecule has 0 radical (unpaired) electrons. The van der Waals surface area contributed by atoms with Crippen LogP contribution in [-0.2, 0) is 0 Å². The van der Waals surface area contributed by atoms with E-state index in [9.17, 15) is 0 Å². The molecule has 1 fully saturated rings. The molecule has 0 saturated carbocycles. The maximum atomic E-state index is 6.62. The first-order valence-corrected chi connectivity index (χ1v) is 3.90. The van der Waals surface area contributed by atoms with Crippen molar-refractivity contribution in [1.82, 2.24) is 16.1 Å². The molecule has 0 aliphatic carbocycles. The molecule has 0 aromatic heterocycles. The van der Waals surface area contributed by atoms with Crippen LogP contribution in [0.25, 0.3) is 0 Å². The first-order valence-electron chi connectivity index (χ1n) is 3.90. The fraction of sp³-hybridized carbons (Fsp3) is 1.00. The minimum atomic E-state index is 0.222. The molecule has 0 aromatic rings. The SMILES string of the molecule is CC(NN=N)C1CNCCN1. The standard InChI is InChI=1S/C6H15N5/c1-5(10-11-7)6-4-8-2-3-9-6/h5-6,8-9H,2-4H2,1H3,(H2,7,10). The van der Waals surface area contributed by atoms with Crippen LogP contribution in [0.2, 0.25) is 0 Å². The highest BCUT2D eigenvalue weighted by molar-refractivity contribution is 4.82. The Hall–Kier alpha value is -0.680. The van der Waals surface area contributed by atoms with Gasteiger partial charge in [-0.1, -0.05) is 5.22 Å². The van der Waals surface area contributed by atoms with E-state index >= 15 is 0 Å². The van der Waals surface area contributed by atoms with Crippen LogP contribution in [0.15, 0.2) is 5.22 Å². The van der Waals surface area contributed by atoms with Gasteiger partial charge in [0.15, 0.2) is 0 Å². The zero-order chi connectivity index (χ0) is 8.10. The Morgan fingerprint density at radius 3 is 3.00 bits per heavy atom. The zero-order valence-corrected chi connectivity index (χ0v) is 6.72. The first kappa shape index (κ1) is 8.42. The average Bonchev–Trinajstić information content (AvgIpc) is 2.07. The predicted molar refractivity (Wildman–Crippen MR) is 42.4 cm³/mol. The molecule has 11 heavy (non-hydrogen) atoms. The summed E-state index contributed by atoms with van der Waals surface area (Å²) >= 11 is 0. The molecule has 0 bridgehead atoms. The summed E-state index contributed by atoms with van der Waals surface area (Å²) in [6.45, 7) is 4.99. The van der Waals surface area contributed by atoms with E-state index in [4.69, 9.17) is 5.53 Å². The summed E-state index contributed by atoms with van der Waals surface area (Å²) in [6.07, 6.45) is 0. The highest BCUT2D eigenvalue weighted by Crippen LogP contribution is 1.94. The van der Waals surface area contributed by atoms with E-state index in [1.807, 2.05) is 6.92 Å². The first-order chi connectivity index (χ1) is 5.34. The quantitative estimate of drug-likeness (QED) is 0.329. The fourth-order valence-electron chi connectivity index (χ4n) is 1.22. The molecule has 2 atom stereocenters. The number of rotatable bonds is 3. The van der Waals surface area contributed by atoms with Crippen molar-refractivity contribution in [2.45, 2.75) is 19.0 Å². The minimum absolute atomic E-state index is 0.222. The number of hydrogen-bond acceptors (Lipinski definition) is 4. The maximum Gasteiger partial charge on any atom is 0.0594 e. The zero-order valence-electron chi connectivity index (χ0n) is 6.72. The molecule has 1 heterocycles. The molecule has 0 spiro atoms. The van der Waals surface area contributed by atoms with Gasteiger partial charge < -0.3 is 10.6 Å². The number of hydrogen-bond donors (Lipinski definition) is 4. The lowest BCUT2D eigenvalue weighted by Gasteiger charge is -2.28. The summed E-state index contributed by atoms with van der Waals surface area (Å²) in [5.41, 5.74) is 9.32. The van der Waals surface area contributed by atoms with E-state index in [0.29, 0.717) is 6.04 Å². The summed E-state index contributed by atoms with van der Waals surface area (Å²) in [7, 11) is 0. The van der Waals surface area contributed by atoms with E-state index in [-0.39, 0.29) is 6.04 Å². The van der Waals surface area contributed by atoms with Gasteiger partial charge in [0.05, 0.1) is 6.04 Å². The fourth-order valence-corrected chi connectivity index (χ4v) is 1.22. The molecule has 0 aromatic carbocycles. The van der Waals surface area contributed by atoms with Crippen LogP contribution >= 0.6 is 0 Å². The Bertz CT molecular complexity index is 120. The summed E-state index contributed by atoms with van der Waals surface area (Å²) in [5.74, 6) is 0. The highest BCUT2D eigenvalue weighted by Gasteiger charge is 2.17. The molecule has 1 aliphatic rings. The van der Waals surface area contributed by atoms with Crippen LogP contribution in [0.5, 0.6) is 0 Å². The second kappa shape index (κ2) is 4.25. The van der Waals surface area contributed by atoms with E-state index in [2.05, 4.69) is 21.3 Å². The Morgan fingerprint density at radius 2 is 2.45 bits per heavy atom. The van der Waals surface area contributed by atoms with Crippen LogP contribution in [-0.4, -0.2) is 31.7 Å². The van der Waals surface area contributed by atoms with Gasteiger partial charge in [0.25, 0.3) is 0 Å². The molecule has 1 aliphatic heterocycles. The summed E-state index contributed by atoms with van der Waals surface area (Å²) in [5, 5.41) is 9.75. The summed E-state index contributed by atoms with van der Waals surface area (Å²) in [4.78, 5) is 0. The van der Waals surface area contributed by atoms with Crippen LogP contribution in [0, 0.1) is 5.53 Å². The molecular weight excluding hydrogens is 142 g/mol. The van der Waals surface area contributed by atoms with E-state index in [1.165, 1.54) is 0 Å². The third-order valence-corrected chi connectivity index (χ3v) is 1.94. The van der Waals surface area contributed by atoms with Crippen molar-refractivity contribution in [3.05, 3.63) is 0 Å². The second-order valence-electron chi connectivity index (χ2n) is 2.79. The number of nitrogens with one attached hydrogen (secondary N) is 4. The smallest absolute Gasteiger partial charge is 0.0594 e. The average molecular weight is 157 g/mol. The summed E-state index contributed by atoms with van der Waals surface area (Å²) in [6, 6.07) is 0.609. The van der Waals surface area contributed by atoms with Gasteiger partial charge in [-0.2, -0.15) is 5.53 Å². The lowest BCUT2D eigenvalue weighted by Crippen LogP contribution is -2.56. The van der Waals surface area contributed by atoms with Crippen LogP contribution < -0.4 is 16.1 Å². The van der Waals surface area contributed by atoms with E-state index in [1.54, 1.807) is 0 Å². The largest absolute Gasteiger partial charge is 0.314 e. The van der Waals surface area contributed by atoms with Gasteiger partial charge in [-0.3, -0.25) is 5.43 Å². The number of piperazine rings is 1. The molecule has 64 valence electrons. The normalized spacial score (nSPS) is 27.5. The molecule has 2 unspecified atom stereocenters. The maximum absolute atomic E-state index is 6.62. The van der Waals surface area contributed by atoms with Gasteiger partial charge in [0, 0.05) is 25.7 Å². The van der Waals surface area contributed by atoms with Gasteiger partial charge >= 0.3 is 0 Å². The highest BCUT2D eigenvalue weighted by atomic mass is 15.4.